The van der Waals surface area contributed by atoms with Crippen molar-refractivity contribution in [2.75, 3.05) is 18.5 Å². The van der Waals surface area contributed by atoms with Gasteiger partial charge in [-0.2, -0.15) is 0 Å². The van der Waals surface area contributed by atoms with E-state index in [0.29, 0.717) is 5.92 Å². The molecule has 1 heterocycles. The first-order valence-corrected chi connectivity index (χ1v) is 7.87. The number of rotatable bonds is 9. The zero-order valence-electron chi connectivity index (χ0n) is 11.8. The minimum Gasteiger partial charge on any atom is -0.396 e. The molecule has 1 aromatic heterocycles. The van der Waals surface area contributed by atoms with Gasteiger partial charge in [0.05, 0.1) is 0 Å². The molecule has 0 radical (unpaired) electrons. The fourth-order valence-electron chi connectivity index (χ4n) is 2.08. The van der Waals surface area contributed by atoms with E-state index in [1.54, 1.807) is 0 Å². The lowest BCUT2D eigenvalue weighted by Crippen LogP contribution is -2.17. The van der Waals surface area contributed by atoms with Gasteiger partial charge in [-0.3, -0.25) is 0 Å². The van der Waals surface area contributed by atoms with Crippen LogP contribution in [0.15, 0.2) is 10.7 Å². The third-order valence-electron chi connectivity index (χ3n) is 3.02. The van der Waals surface area contributed by atoms with Crippen molar-refractivity contribution in [1.82, 2.24) is 9.97 Å². The molecule has 0 saturated carbocycles. The number of nitrogens with one attached hydrogen (secondary N) is 1. The molecule has 108 valence electrons. The molecule has 1 rings (SSSR count). The lowest BCUT2D eigenvalue weighted by atomic mass is 10.0. The number of aryl methyl sites for hydroxylation is 1. The summed E-state index contributed by atoms with van der Waals surface area (Å²) in [6, 6.07) is 1.90. The van der Waals surface area contributed by atoms with Gasteiger partial charge in [0.15, 0.2) is 0 Å². The van der Waals surface area contributed by atoms with Gasteiger partial charge in [-0.15, -0.1) is 0 Å². The van der Waals surface area contributed by atoms with E-state index < -0.39 is 0 Å². The highest BCUT2D eigenvalue weighted by molar-refractivity contribution is 9.10. The first-order chi connectivity index (χ1) is 9.19. The first kappa shape index (κ1) is 16.4. The van der Waals surface area contributed by atoms with Crippen LogP contribution < -0.4 is 5.32 Å². The minimum absolute atomic E-state index is 0.251. The van der Waals surface area contributed by atoms with Crippen molar-refractivity contribution in [3.8, 4) is 0 Å². The van der Waals surface area contributed by atoms with Gasteiger partial charge in [-0.1, -0.05) is 20.3 Å². The van der Waals surface area contributed by atoms with Crippen LogP contribution in [0, 0.1) is 5.92 Å². The van der Waals surface area contributed by atoms with E-state index in [0.717, 1.165) is 54.9 Å². The Morgan fingerprint density at radius 1 is 1.26 bits per heavy atom. The molecular weight excluding hydrogens is 306 g/mol. The maximum atomic E-state index is 9.06. The summed E-state index contributed by atoms with van der Waals surface area (Å²) in [7, 11) is 0. The van der Waals surface area contributed by atoms with Crippen molar-refractivity contribution in [2.45, 2.75) is 46.0 Å². The highest BCUT2D eigenvalue weighted by Gasteiger charge is 2.08. The first-order valence-electron chi connectivity index (χ1n) is 7.07. The number of aliphatic hydroxyl groups excluding tert-OH is 1. The Hall–Kier alpha value is -0.680. The monoisotopic (exact) mass is 329 g/mol. The molecule has 1 aromatic rings. The van der Waals surface area contributed by atoms with Gasteiger partial charge < -0.3 is 10.4 Å². The summed E-state index contributed by atoms with van der Waals surface area (Å²) in [5, 5.41) is 12.4. The molecule has 0 aliphatic rings. The third-order valence-corrected chi connectivity index (χ3v) is 3.43. The molecule has 1 unspecified atom stereocenters. The number of hydrogen-bond acceptors (Lipinski definition) is 4. The Kier molecular flexibility index (Phi) is 7.98. The van der Waals surface area contributed by atoms with Crippen molar-refractivity contribution in [1.29, 1.82) is 0 Å². The van der Waals surface area contributed by atoms with Crippen LogP contribution in [0.1, 0.15) is 45.4 Å². The van der Waals surface area contributed by atoms with E-state index in [2.05, 4.69) is 45.1 Å². The number of halogens is 1. The Balaban J connectivity index is 2.59. The third kappa shape index (κ3) is 6.34. The fourth-order valence-corrected chi connectivity index (χ4v) is 2.50. The highest BCUT2D eigenvalue weighted by atomic mass is 79.9. The van der Waals surface area contributed by atoms with Gasteiger partial charge in [0.1, 0.15) is 16.2 Å². The van der Waals surface area contributed by atoms with Gasteiger partial charge >= 0.3 is 0 Å². The van der Waals surface area contributed by atoms with Crippen LogP contribution >= 0.6 is 15.9 Å². The van der Waals surface area contributed by atoms with Crippen molar-refractivity contribution < 1.29 is 5.11 Å². The predicted octanol–water partition coefficient (Wildman–Crippen LogP) is 3.40. The summed E-state index contributed by atoms with van der Waals surface area (Å²) in [5.74, 6) is 2.23. The lowest BCUT2D eigenvalue weighted by Gasteiger charge is -2.16. The minimum atomic E-state index is 0.251. The van der Waals surface area contributed by atoms with Crippen molar-refractivity contribution in [2.24, 2.45) is 5.92 Å². The summed E-state index contributed by atoms with van der Waals surface area (Å²) in [6.07, 6.45) is 5.04. The second-order valence-electron chi connectivity index (χ2n) is 4.79. The van der Waals surface area contributed by atoms with Gasteiger partial charge in [0, 0.05) is 25.6 Å². The maximum Gasteiger partial charge on any atom is 0.132 e. The molecular formula is C14H24BrN3O. The maximum absolute atomic E-state index is 9.06. The van der Waals surface area contributed by atoms with Crippen molar-refractivity contribution in [3.63, 3.8) is 0 Å². The highest BCUT2D eigenvalue weighted by Crippen LogP contribution is 2.16. The van der Waals surface area contributed by atoms with E-state index in [4.69, 9.17) is 5.11 Å². The number of aliphatic hydroxyl groups is 1. The molecule has 2 N–H and O–H groups in total. The van der Waals surface area contributed by atoms with E-state index in [-0.39, 0.29) is 6.61 Å². The average Bonchev–Trinajstić information content (AvgIpc) is 2.36. The van der Waals surface area contributed by atoms with E-state index in [1.165, 1.54) is 0 Å². The van der Waals surface area contributed by atoms with Gasteiger partial charge in [-0.25, -0.2) is 9.97 Å². The van der Waals surface area contributed by atoms with Crippen LogP contribution in [0.2, 0.25) is 0 Å². The molecule has 0 amide bonds. The standard InChI is InChI=1S/C14H24BrN3O/c1-3-5-11(7-8-19)10-16-14-9-12(15)17-13(18-14)6-4-2/h9,11,19H,3-8,10H2,1-2H3,(H,16,17,18). The zero-order valence-corrected chi connectivity index (χ0v) is 13.4. The van der Waals surface area contributed by atoms with Gasteiger partial charge in [0.25, 0.3) is 0 Å². The summed E-state index contributed by atoms with van der Waals surface area (Å²) < 4.78 is 0.822. The summed E-state index contributed by atoms with van der Waals surface area (Å²) >= 11 is 3.42. The summed E-state index contributed by atoms with van der Waals surface area (Å²) in [4.78, 5) is 8.85. The average molecular weight is 330 g/mol. The molecule has 19 heavy (non-hydrogen) atoms. The van der Waals surface area contributed by atoms with E-state index in [1.807, 2.05) is 6.07 Å². The van der Waals surface area contributed by atoms with Crippen LogP contribution in [0.3, 0.4) is 0 Å². The second-order valence-corrected chi connectivity index (χ2v) is 5.60. The van der Waals surface area contributed by atoms with Crippen molar-refractivity contribution >= 4 is 21.7 Å². The van der Waals surface area contributed by atoms with Gasteiger partial charge in [0.2, 0.25) is 0 Å². The Morgan fingerprint density at radius 3 is 2.68 bits per heavy atom. The predicted molar refractivity (Wildman–Crippen MR) is 82.3 cm³/mol. The quantitative estimate of drug-likeness (QED) is 0.681. The molecule has 5 heteroatoms. The number of nitrogens with zero attached hydrogens (tertiary/aromatic N) is 2. The smallest absolute Gasteiger partial charge is 0.132 e. The Bertz CT molecular complexity index is 368. The molecule has 0 aliphatic carbocycles. The van der Waals surface area contributed by atoms with E-state index in [9.17, 15) is 0 Å². The number of anilines is 1. The molecule has 0 bridgehead atoms. The van der Waals surface area contributed by atoms with Crippen LogP contribution in [0.5, 0.6) is 0 Å². The summed E-state index contributed by atoms with van der Waals surface area (Å²) in [6.45, 7) is 5.39. The number of hydrogen-bond donors (Lipinski definition) is 2. The zero-order chi connectivity index (χ0) is 14.1. The molecule has 4 nitrogen and oxygen atoms in total. The van der Waals surface area contributed by atoms with Gasteiger partial charge in [-0.05, 0) is 41.1 Å². The second kappa shape index (κ2) is 9.26. The fraction of sp³-hybridized carbons (Fsp3) is 0.714. The van der Waals surface area contributed by atoms with Crippen LogP contribution in [-0.2, 0) is 6.42 Å². The van der Waals surface area contributed by atoms with Crippen molar-refractivity contribution in [3.05, 3.63) is 16.5 Å². The Morgan fingerprint density at radius 2 is 2.05 bits per heavy atom. The molecule has 0 spiro atoms. The van der Waals surface area contributed by atoms with Crippen LogP contribution in [-0.4, -0.2) is 28.2 Å². The van der Waals surface area contributed by atoms with Crippen LogP contribution in [0.4, 0.5) is 5.82 Å². The molecule has 0 saturated heterocycles. The topological polar surface area (TPSA) is 58.0 Å². The SMILES string of the molecule is CCCc1nc(Br)cc(NCC(CCC)CCO)n1. The van der Waals surface area contributed by atoms with Crippen LogP contribution in [0.25, 0.3) is 0 Å². The molecule has 1 atom stereocenters. The summed E-state index contributed by atoms with van der Waals surface area (Å²) in [5.41, 5.74) is 0. The molecule has 0 aromatic carbocycles. The molecule has 0 aliphatic heterocycles. The van der Waals surface area contributed by atoms with E-state index >= 15 is 0 Å². The molecule has 0 fully saturated rings. The lowest BCUT2D eigenvalue weighted by molar-refractivity contribution is 0.255. The number of aromatic nitrogens is 2. The Labute approximate surface area is 124 Å². The normalized spacial score (nSPS) is 12.4. The largest absolute Gasteiger partial charge is 0.396 e.